The normalized spacial score (nSPS) is 22.0. The molecule has 1 heterocycles. The van der Waals surface area contributed by atoms with Gasteiger partial charge in [0.05, 0.1) is 17.9 Å². The minimum atomic E-state index is -0.108. The van der Waals surface area contributed by atoms with Gasteiger partial charge in [-0.05, 0) is 32.0 Å². The Morgan fingerprint density at radius 2 is 2.00 bits per heavy atom. The number of likely N-dealkylation sites (N-methyl/N-ethyl adjacent to an activating group) is 1. The summed E-state index contributed by atoms with van der Waals surface area (Å²) in [4.78, 5) is 0. The minimum absolute atomic E-state index is 0.108. The lowest BCUT2D eigenvalue weighted by Gasteiger charge is -2.38. The molecule has 17 heavy (non-hydrogen) atoms. The van der Waals surface area contributed by atoms with E-state index in [1.165, 1.54) is 25.7 Å². The Balaban J connectivity index is 2.24. The highest BCUT2D eigenvalue weighted by Crippen LogP contribution is 2.40. The van der Waals surface area contributed by atoms with Crippen molar-refractivity contribution in [2.75, 3.05) is 14.2 Å². The molecule has 1 aliphatic rings. The molecule has 1 atom stereocenters. The van der Waals surface area contributed by atoms with Crippen LogP contribution in [0.2, 0.25) is 0 Å². The van der Waals surface area contributed by atoms with Crippen molar-refractivity contribution >= 4 is 0 Å². The molecule has 0 amide bonds. The van der Waals surface area contributed by atoms with Gasteiger partial charge >= 0.3 is 0 Å². The quantitative estimate of drug-likeness (QED) is 0.816. The Bertz CT molecular complexity index is 313. The fraction of sp³-hybridized carbons (Fsp3) is 0.714. The van der Waals surface area contributed by atoms with E-state index in [-0.39, 0.29) is 11.6 Å². The van der Waals surface area contributed by atoms with Crippen LogP contribution < -0.4 is 5.32 Å². The molecular weight excluding hydrogens is 214 g/mol. The zero-order valence-corrected chi connectivity index (χ0v) is 10.9. The van der Waals surface area contributed by atoms with Gasteiger partial charge in [0, 0.05) is 7.11 Å². The maximum Gasteiger partial charge on any atom is 0.123 e. The molecule has 1 aromatic heterocycles. The zero-order chi connectivity index (χ0) is 12.1. The Morgan fingerprint density at radius 1 is 1.29 bits per heavy atom. The van der Waals surface area contributed by atoms with Gasteiger partial charge in [-0.15, -0.1) is 0 Å². The molecule has 1 fully saturated rings. The largest absolute Gasteiger partial charge is 0.468 e. The van der Waals surface area contributed by atoms with Gasteiger partial charge in [-0.3, -0.25) is 0 Å². The second-order valence-corrected chi connectivity index (χ2v) is 4.92. The number of nitrogens with one attached hydrogen (secondary N) is 1. The summed E-state index contributed by atoms with van der Waals surface area (Å²) in [7, 11) is 3.82. The van der Waals surface area contributed by atoms with Crippen molar-refractivity contribution in [2.24, 2.45) is 0 Å². The van der Waals surface area contributed by atoms with E-state index in [2.05, 4.69) is 5.32 Å². The van der Waals surface area contributed by atoms with Gasteiger partial charge in [0.15, 0.2) is 0 Å². The highest BCUT2D eigenvalue weighted by atomic mass is 16.5. The minimum Gasteiger partial charge on any atom is -0.468 e. The lowest BCUT2D eigenvalue weighted by atomic mass is 9.84. The molecule has 96 valence electrons. The lowest BCUT2D eigenvalue weighted by Crippen LogP contribution is -2.44. The molecule has 0 saturated heterocycles. The van der Waals surface area contributed by atoms with Crippen LogP contribution >= 0.6 is 0 Å². The number of hydrogen-bond acceptors (Lipinski definition) is 3. The smallest absolute Gasteiger partial charge is 0.123 e. The summed E-state index contributed by atoms with van der Waals surface area (Å²) in [5, 5.41) is 3.37. The second-order valence-electron chi connectivity index (χ2n) is 4.92. The van der Waals surface area contributed by atoms with E-state index in [0.717, 1.165) is 18.6 Å². The summed E-state index contributed by atoms with van der Waals surface area (Å²) >= 11 is 0. The Labute approximate surface area is 104 Å². The summed E-state index contributed by atoms with van der Waals surface area (Å²) in [5.41, 5.74) is -0.108. The van der Waals surface area contributed by atoms with Crippen LogP contribution in [0.5, 0.6) is 0 Å². The molecule has 1 aromatic rings. The Kier molecular flexibility index (Phi) is 4.24. The van der Waals surface area contributed by atoms with Crippen molar-refractivity contribution in [3.05, 3.63) is 24.2 Å². The molecule has 3 nitrogen and oxygen atoms in total. The predicted molar refractivity (Wildman–Crippen MR) is 68.0 cm³/mol. The van der Waals surface area contributed by atoms with Gasteiger partial charge in [0.25, 0.3) is 0 Å². The first-order chi connectivity index (χ1) is 8.32. The fourth-order valence-electron chi connectivity index (χ4n) is 3.06. The number of methoxy groups -OCH3 is 1. The van der Waals surface area contributed by atoms with Gasteiger partial charge < -0.3 is 14.5 Å². The summed E-state index contributed by atoms with van der Waals surface area (Å²) in [5.74, 6) is 0.983. The van der Waals surface area contributed by atoms with E-state index in [4.69, 9.17) is 9.15 Å². The monoisotopic (exact) mass is 237 g/mol. The van der Waals surface area contributed by atoms with Crippen LogP contribution in [0.15, 0.2) is 22.8 Å². The molecule has 1 N–H and O–H groups in total. The van der Waals surface area contributed by atoms with Crippen LogP contribution in [0.4, 0.5) is 0 Å². The van der Waals surface area contributed by atoms with Crippen LogP contribution in [0.3, 0.4) is 0 Å². The topological polar surface area (TPSA) is 34.4 Å². The van der Waals surface area contributed by atoms with Gasteiger partial charge in [-0.2, -0.15) is 0 Å². The average molecular weight is 237 g/mol. The second kappa shape index (κ2) is 5.69. The number of ether oxygens (including phenoxy) is 1. The molecule has 0 aliphatic heterocycles. The molecule has 0 radical (unpaired) electrons. The van der Waals surface area contributed by atoms with E-state index in [1.54, 1.807) is 6.26 Å². The molecule has 0 aromatic carbocycles. The molecule has 0 spiro atoms. The molecule has 2 rings (SSSR count). The summed E-state index contributed by atoms with van der Waals surface area (Å²) in [6.07, 6.45) is 9.07. The van der Waals surface area contributed by atoms with Crippen molar-refractivity contribution < 1.29 is 9.15 Å². The third-order valence-corrected chi connectivity index (χ3v) is 4.00. The molecule has 1 aliphatic carbocycles. The van der Waals surface area contributed by atoms with Gasteiger partial charge in [0.1, 0.15) is 5.76 Å². The molecular formula is C14H23NO2. The standard InChI is InChI=1S/C14H23NO2/c1-15-13(12-8-7-11-17-12)14(16-2)9-5-3-4-6-10-14/h7-8,11,13,15H,3-6,9-10H2,1-2H3. The fourth-order valence-corrected chi connectivity index (χ4v) is 3.06. The first-order valence-corrected chi connectivity index (χ1v) is 6.58. The van der Waals surface area contributed by atoms with Crippen LogP contribution in [-0.4, -0.2) is 19.8 Å². The van der Waals surface area contributed by atoms with Crippen molar-refractivity contribution in [2.45, 2.75) is 50.2 Å². The first-order valence-electron chi connectivity index (χ1n) is 6.58. The lowest BCUT2D eigenvalue weighted by molar-refractivity contribution is -0.0571. The van der Waals surface area contributed by atoms with Crippen LogP contribution in [0.1, 0.15) is 50.3 Å². The average Bonchev–Trinajstić information content (AvgIpc) is 2.76. The van der Waals surface area contributed by atoms with Crippen molar-refractivity contribution in [3.63, 3.8) is 0 Å². The van der Waals surface area contributed by atoms with Crippen molar-refractivity contribution in [1.82, 2.24) is 5.32 Å². The first kappa shape index (κ1) is 12.7. The maximum atomic E-state index is 5.91. The number of furan rings is 1. The summed E-state index contributed by atoms with van der Waals surface area (Å²) < 4.78 is 11.5. The zero-order valence-electron chi connectivity index (χ0n) is 10.9. The van der Waals surface area contributed by atoms with E-state index >= 15 is 0 Å². The summed E-state index contributed by atoms with van der Waals surface area (Å²) in [6, 6.07) is 4.13. The highest BCUT2D eigenvalue weighted by molar-refractivity contribution is 5.11. The maximum absolute atomic E-state index is 5.91. The molecule has 0 bridgehead atoms. The van der Waals surface area contributed by atoms with Gasteiger partial charge in [-0.25, -0.2) is 0 Å². The number of hydrogen-bond donors (Lipinski definition) is 1. The third kappa shape index (κ3) is 2.55. The van der Waals surface area contributed by atoms with E-state index in [9.17, 15) is 0 Å². The van der Waals surface area contributed by atoms with Crippen LogP contribution in [0.25, 0.3) is 0 Å². The predicted octanol–water partition coefficient (Wildman–Crippen LogP) is 3.28. The third-order valence-electron chi connectivity index (χ3n) is 4.00. The SMILES string of the molecule is CNC(c1ccco1)C1(OC)CCCCCC1. The van der Waals surface area contributed by atoms with E-state index in [0.29, 0.717) is 0 Å². The van der Waals surface area contributed by atoms with Gasteiger partial charge in [-0.1, -0.05) is 25.7 Å². The van der Waals surface area contributed by atoms with Crippen LogP contribution in [0, 0.1) is 0 Å². The van der Waals surface area contributed by atoms with Crippen LogP contribution in [-0.2, 0) is 4.74 Å². The molecule has 1 saturated carbocycles. The van der Waals surface area contributed by atoms with E-state index in [1.807, 2.05) is 26.3 Å². The van der Waals surface area contributed by atoms with Gasteiger partial charge in [0.2, 0.25) is 0 Å². The highest BCUT2D eigenvalue weighted by Gasteiger charge is 2.40. The Morgan fingerprint density at radius 3 is 2.47 bits per heavy atom. The molecule has 3 heteroatoms. The Hall–Kier alpha value is -0.800. The van der Waals surface area contributed by atoms with E-state index < -0.39 is 0 Å². The molecule has 1 unspecified atom stereocenters. The summed E-state index contributed by atoms with van der Waals surface area (Å²) in [6.45, 7) is 0. The van der Waals surface area contributed by atoms with Crippen molar-refractivity contribution in [1.29, 1.82) is 0 Å². The number of rotatable bonds is 4. The van der Waals surface area contributed by atoms with Crippen molar-refractivity contribution in [3.8, 4) is 0 Å².